The second-order valence-electron chi connectivity index (χ2n) is 18.3. The molecule has 2 nitrogen and oxygen atoms in total. The van der Waals surface area contributed by atoms with Crippen molar-refractivity contribution in [3.05, 3.63) is 283 Å². The maximum absolute atomic E-state index is 7.26. The summed E-state index contributed by atoms with van der Waals surface area (Å²) in [5, 5.41) is 2.18. The van der Waals surface area contributed by atoms with Gasteiger partial charge in [-0.2, -0.15) is 0 Å². The highest BCUT2D eigenvalue weighted by molar-refractivity contribution is 6.14. The van der Waals surface area contributed by atoms with Crippen LogP contribution in [0.15, 0.2) is 265 Å². The molecule has 12 aromatic rings. The van der Waals surface area contributed by atoms with Crippen LogP contribution in [0.25, 0.3) is 88.7 Å². The standard InChI is InChI=1S/C67H43NO/c1-4-20-44(21-5-1)49-26-10-12-28-51(49)47-38-40-62-60(42-47)67(58-35-16-14-30-54(58)55-31-15-17-36-59(55)67)61-43-48(52-29-13-11-27-50(52)45-22-6-2-7-23-45)39-41-63(61)68(62)64-37-19-34-57-56-33-18-32-53(65(56)69-66(57)64)46-24-8-3-9-25-46/h1-43H. The smallest absolute Gasteiger partial charge is 0.159 e. The molecule has 2 heteroatoms. The van der Waals surface area contributed by atoms with Gasteiger partial charge in [-0.05, 0) is 114 Å². The van der Waals surface area contributed by atoms with Crippen LogP contribution in [-0.4, -0.2) is 0 Å². The van der Waals surface area contributed by atoms with E-state index in [1.165, 1.54) is 66.8 Å². The molecule has 14 rings (SSSR count). The van der Waals surface area contributed by atoms with Crippen molar-refractivity contribution in [2.24, 2.45) is 0 Å². The van der Waals surface area contributed by atoms with E-state index in [2.05, 4.69) is 266 Å². The minimum Gasteiger partial charge on any atom is -0.453 e. The average Bonchev–Trinajstić information content (AvgIpc) is 3.96. The van der Waals surface area contributed by atoms with Crippen molar-refractivity contribution in [1.29, 1.82) is 0 Å². The third-order valence-electron chi connectivity index (χ3n) is 14.7. The average molecular weight is 878 g/mol. The Balaban J connectivity index is 1.11. The summed E-state index contributed by atoms with van der Waals surface area (Å²) in [5.74, 6) is 0. The number of hydrogen-bond acceptors (Lipinski definition) is 2. The molecule has 0 unspecified atom stereocenters. The van der Waals surface area contributed by atoms with Crippen molar-refractivity contribution < 1.29 is 4.42 Å². The quantitative estimate of drug-likeness (QED) is 0.165. The van der Waals surface area contributed by atoms with Crippen LogP contribution < -0.4 is 4.90 Å². The summed E-state index contributed by atoms with van der Waals surface area (Å²) in [4.78, 5) is 2.49. The predicted octanol–water partition coefficient (Wildman–Crippen LogP) is 18.1. The molecule has 0 bridgehead atoms. The van der Waals surface area contributed by atoms with Crippen molar-refractivity contribution in [1.82, 2.24) is 0 Å². The van der Waals surface area contributed by atoms with E-state index in [9.17, 15) is 0 Å². The number of hydrogen-bond donors (Lipinski definition) is 0. The maximum atomic E-state index is 7.26. The summed E-state index contributed by atoms with van der Waals surface area (Å²) in [6, 6.07) is 95.6. The number of fused-ring (bicyclic) bond motifs is 12. The van der Waals surface area contributed by atoms with E-state index in [1.807, 2.05) is 0 Å². The van der Waals surface area contributed by atoms with Crippen LogP contribution >= 0.6 is 0 Å². The van der Waals surface area contributed by atoms with Crippen molar-refractivity contribution >= 4 is 39.0 Å². The first-order valence-electron chi connectivity index (χ1n) is 23.8. The first-order chi connectivity index (χ1) is 34.3. The normalized spacial score (nSPS) is 13.0. The highest BCUT2D eigenvalue weighted by Gasteiger charge is 2.52. The van der Waals surface area contributed by atoms with Crippen molar-refractivity contribution in [2.75, 3.05) is 4.90 Å². The molecule has 322 valence electrons. The van der Waals surface area contributed by atoms with Gasteiger partial charge in [0.15, 0.2) is 5.58 Å². The molecule has 0 radical (unpaired) electrons. The molecular formula is C67H43NO. The van der Waals surface area contributed by atoms with Crippen molar-refractivity contribution in [3.63, 3.8) is 0 Å². The molecule has 11 aromatic carbocycles. The van der Waals surface area contributed by atoms with Gasteiger partial charge in [0.2, 0.25) is 0 Å². The molecule has 2 aliphatic rings. The van der Waals surface area contributed by atoms with Gasteiger partial charge in [-0.25, -0.2) is 0 Å². The van der Waals surface area contributed by atoms with Gasteiger partial charge >= 0.3 is 0 Å². The lowest BCUT2D eigenvalue weighted by molar-refractivity contribution is 0.669. The number of benzene rings is 11. The van der Waals surface area contributed by atoms with Crippen LogP contribution in [0.2, 0.25) is 0 Å². The Labute approximate surface area is 401 Å². The molecule has 0 saturated heterocycles. The van der Waals surface area contributed by atoms with Crippen LogP contribution in [-0.2, 0) is 5.41 Å². The summed E-state index contributed by atoms with van der Waals surface area (Å²) in [6.45, 7) is 0. The van der Waals surface area contributed by atoms with Gasteiger partial charge in [0.1, 0.15) is 5.58 Å². The van der Waals surface area contributed by atoms with Crippen LogP contribution in [0.1, 0.15) is 22.3 Å². The number of anilines is 3. The Morgan fingerprint density at radius 3 is 1.12 bits per heavy atom. The van der Waals surface area contributed by atoms with Gasteiger partial charge in [0, 0.05) is 16.3 Å². The lowest BCUT2D eigenvalue weighted by Crippen LogP contribution is -2.36. The molecule has 1 aliphatic carbocycles. The Bertz CT molecular complexity index is 3780. The number of nitrogens with zero attached hydrogens (tertiary/aromatic N) is 1. The topological polar surface area (TPSA) is 16.4 Å². The molecule has 0 saturated carbocycles. The monoisotopic (exact) mass is 877 g/mol. The van der Waals surface area contributed by atoms with Crippen molar-refractivity contribution in [3.8, 4) is 66.8 Å². The van der Waals surface area contributed by atoms with Gasteiger partial charge in [-0.3, -0.25) is 0 Å². The summed E-state index contributed by atoms with van der Waals surface area (Å²) < 4.78 is 7.26. The van der Waals surface area contributed by atoms with Crippen LogP contribution in [0, 0.1) is 0 Å². The minimum absolute atomic E-state index is 0.688. The largest absolute Gasteiger partial charge is 0.453 e. The number of para-hydroxylation sites is 2. The summed E-state index contributed by atoms with van der Waals surface area (Å²) >= 11 is 0. The van der Waals surface area contributed by atoms with E-state index in [1.54, 1.807) is 0 Å². The van der Waals surface area contributed by atoms with E-state index in [0.29, 0.717) is 0 Å². The third kappa shape index (κ3) is 5.86. The van der Waals surface area contributed by atoms with Gasteiger partial charge in [-0.1, -0.05) is 231 Å². The van der Waals surface area contributed by atoms with Crippen molar-refractivity contribution in [2.45, 2.75) is 5.41 Å². The lowest BCUT2D eigenvalue weighted by atomic mass is 9.64. The van der Waals surface area contributed by atoms with Gasteiger partial charge in [-0.15, -0.1) is 0 Å². The molecular weight excluding hydrogens is 835 g/mol. The first-order valence-corrected chi connectivity index (χ1v) is 23.8. The zero-order chi connectivity index (χ0) is 45.5. The fourth-order valence-corrected chi connectivity index (χ4v) is 11.8. The highest BCUT2D eigenvalue weighted by atomic mass is 16.3. The van der Waals surface area contributed by atoms with E-state index in [-0.39, 0.29) is 0 Å². The summed E-state index contributed by atoms with van der Waals surface area (Å²) in [7, 11) is 0. The highest BCUT2D eigenvalue weighted by Crippen LogP contribution is 2.65. The van der Waals surface area contributed by atoms with Gasteiger partial charge < -0.3 is 9.32 Å². The molecule has 69 heavy (non-hydrogen) atoms. The second-order valence-corrected chi connectivity index (χ2v) is 18.3. The Morgan fingerprint density at radius 1 is 0.246 bits per heavy atom. The molecule has 1 spiro atoms. The Hall–Kier alpha value is -8.98. The molecule has 0 atom stereocenters. The van der Waals surface area contributed by atoms with E-state index >= 15 is 0 Å². The fraction of sp³-hybridized carbons (Fsp3) is 0.0149. The van der Waals surface area contributed by atoms with Crippen LogP contribution in [0.5, 0.6) is 0 Å². The molecule has 0 fully saturated rings. The van der Waals surface area contributed by atoms with E-state index < -0.39 is 5.41 Å². The summed E-state index contributed by atoms with van der Waals surface area (Å²) in [6.07, 6.45) is 0. The van der Waals surface area contributed by atoms with E-state index in [0.717, 1.165) is 61.3 Å². The Kier molecular flexibility index (Phi) is 8.84. The lowest BCUT2D eigenvalue weighted by Gasteiger charge is -2.45. The maximum Gasteiger partial charge on any atom is 0.159 e. The number of rotatable bonds is 6. The summed E-state index contributed by atoms with van der Waals surface area (Å²) in [5.41, 5.74) is 23.5. The molecule has 0 N–H and O–H groups in total. The van der Waals surface area contributed by atoms with Crippen LogP contribution in [0.4, 0.5) is 17.1 Å². The third-order valence-corrected chi connectivity index (χ3v) is 14.7. The molecule has 1 aliphatic heterocycles. The first kappa shape index (κ1) is 39.2. The second kappa shape index (κ2) is 15.6. The predicted molar refractivity (Wildman–Crippen MR) is 286 cm³/mol. The van der Waals surface area contributed by atoms with E-state index in [4.69, 9.17) is 4.42 Å². The van der Waals surface area contributed by atoms with Gasteiger partial charge in [0.25, 0.3) is 0 Å². The van der Waals surface area contributed by atoms with Crippen LogP contribution in [0.3, 0.4) is 0 Å². The fourth-order valence-electron chi connectivity index (χ4n) is 11.8. The molecule has 1 aromatic heterocycles. The molecule has 2 heterocycles. The number of furan rings is 1. The van der Waals surface area contributed by atoms with Gasteiger partial charge in [0.05, 0.1) is 22.5 Å². The Morgan fingerprint density at radius 2 is 0.623 bits per heavy atom. The zero-order valence-corrected chi connectivity index (χ0v) is 37.7. The SMILES string of the molecule is c1ccc(-c2ccccc2-c2ccc3c(c2)C2(c4ccccc4-c4ccccc42)c2cc(-c4ccccc4-c4ccccc4)ccc2N3c2cccc3c2oc2c(-c4ccccc4)cccc23)cc1. The zero-order valence-electron chi connectivity index (χ0n) is 37.7. The minimum atomic E-state index is -0.688. The molecule has 0 amide bonds.